The minimum Gasteiger partial charge on any atom is -0.346 e. The summed E-state index contributed by atoms with van der Waals surface area (Å²) in [5, 5.41) is 10.5. The highest BCUT2D eigenvalue weighted by Crippen LogP contribution is 2.42. The zero-order valence-corrected chi connectivity index (χ0v) is 17.8. The summed E-state index contributed by atoms with van der Waals surface area (Å²) in [5.74, 6) is -1.61. The van der Waals surface area contributed by atoms with E-state index < -0.39 is 27.2 Å². The third kappa shape index (κ3) is 2.91. The van der Waals surface area contributed by atoms with Gasteiger partial charge < -0.3 is 9.55 Å². The quantitative estimate of drug-likeness (QED) is 0.496. The first-order chi connectivity index (χ1) is 15.3. The summed E-state index contributed by atoms with van der Waals surface area (Å²) >= 11 is 0. The van der Waals surface area contributed by atoms with Gasteiger partial charge in [0.1, 0.15) is 23.6 Å². The van der Waals surface area contributed by atoms with Crippen molar-refractivity contribution in [1.82, 2.24) is 23.8 Å². The fourth-order valence-corrected chi connectivity index (χ4v) is 5.65. The van der Waals surface area contributed by atoms with Gasteiger partial charge in [-0.15, -0.1) is 0 Å². The SMILES string of the molecule is CCS(=O)(=O)N1CC(CC#N)(n2cc(-c3ncnc4[nH]ccc34)c3cc(F)cc(F)c32)C1. The average Bonchev–Trinajstić information content (AvgIpc) is 3.35. The van der Waals surface area contributed by atoms with Crippen molar-refractivity contribution in [2.75, 3.05) is 18.8 Å². The molecule has 164 valence electrons. The van der Waals surface area contributed by atoms with Gasteiger partial charge in [-0.25, -0.2) is 27.2 Å². The number of fused-ring (bicyclic) bond motifs is 2. The van der Waals surface area contributed by atoms with Gasteiger partial charge in [0.2, 0.25) is 10.0 Å². The molecule has 0 amide bonds. The minimum absolute atomic E-state index is 0.0279. The number of nitrogens with zero attached hydrogens (tertiary/aromatic N) is 5. The van der Waals surface area contributed by atoms with E-state index in [2.05, 4.69) is 21.0 Å². The van der Waals surface area contributed by atoms with E-state index in [1.807, 2.05) is 0 Å². The Morgan fingerprint density at radius 1 is 1.25 bits per heavy atom. The number of nitrogens with one attached hydrogen (secondary N) is 1. The Kier molecular flexibility index (Phi) is 4.54. The van der Waals surface area contributed by atoms with Crippen molar-refractivity contribution in [3.05, 3.63) is 48.6 Å². The molecule has 1 N–H and O–H groups in total. The fraction of sp³-hybridized carbons (Fsp3) is 0.286. The van der Waals surface area contributed by atoms with Crippen LogP contribution in [0.2, 0.25) is 0 Å². The van der Waals surface area contributed by atoms with E-state index in [1.165, 1.54) is 16.7 Å². The predicted molar refractivity (Wildman–Crippen MR) is 114 cm³/mol. The van der Waals surface area contributed by atoms with Gasteiger partial charge in [-0.1, -0.05) is 0 Å². The Hall–Kier alpha value is -3.36. The molecule has 4 aromatic rings. The zero-order chi connectivity index (χ0) is 22.7. The highest BCUT2D eigenvalue weighted by molar-refractivity contribution is 7.89. The van der Waals surface area contributed by atoms with Gasteiger partial charge in [-0.2, -0.15) is 9.57 Å². The highest BCUT2D eigenvalue weighted by Gasteiger charge is 2.50. The van der Waals surface area contributed by atoms with Gasteiger partial charge in [-0.05, 0) is 19.1 Å². The Labute approximate surface area is 182 Å². The summed E-state index contributed by atoms with van der Waals surface area (Å²) in [6.45, 7) is 1.60. The molecule has 3 aromatic heterocycles. The molecule has 1 aliphatic rings. The van der Waals surface area contributed by atoms with Crippen molar-refractivity contribution in [2.24, 2.45) is 0 Å². The summed E-state index contributed by atoms with van der Waals surface area (Å²) < 4.78 is 56.8. The van der Waals surface area contributed by atoms with E-state index in [-0.39, 0.29) is 36.2 Å². The van der Waals surface area contributed by atoms with Crippen molar-refractivity contribution >= 4 is 32.0 Å². The van der Waals surface area contributed by atoms with Gasteiger partial charge in [0.25, 0.3) is 0 Å². The minimum atomic E-state index is -3.46. The zero-order valence-electron chi connectivity index (χ0n) is 17.0. The predicted octanol–water partition coefficient (Wildman–Crippen LogP) is 3.13. The van der Waals surface area contributed by atoms with Crippen molar-refractivity contribution < 1.29 is 17.2 Å². The van der Waals surface area contributed by atoms with Crippen LogP contribution in [-0.4, -0.2) is 51.1 Å². The van der Waals surface area contributed by atoms with Crippen LogP contribution in [0.1, 0.15) is 13.3 Å². The molecule has 5 rings (SSSR count). The average molecular weight is 456 g/mol. The van der Waals surface area contributed by atoms with Gasteiger partial charge in [0, 0.05) is 47.9 Å². The molecule has 4 heterocycles. The van der Waals surface area contributed by atoms with E-state index in [4.69, 9.17) is 0 Å². The Morgan fingerprint density at radius 3 is 2.75 bits per heavy atom. The third-order valence-electron chi connectivity index (χ3n) is 6.05. The van der Waals surface area contributed by atoms with Crippen LogP contribution in [0.25, 0.3) is 33.2 Å². The highest BCUT2D eigenvalue weighted by atomic mass is 32.2. The number of nitriles is 1. The first kappa shape index (κ1) is 20.5. The number of aromatic nitrogens is 4. The molecule has 0 spiro atoms. The van der Waals surface area contributed by atoms with Crippen molar-refractivity contribution in [3.63, 3.8) is 0 Å². The lowest BCUT2D eigenvalue weighted by atomic mass is 9.88. The third-order valence-corrected chi connectivity index (χ3v) is 7.82. The van der Waals surface area contributed by atoms with E-state index in [0.717, 1.165) is 6.07 Å². The molecule has 0 saturated carbocycles. The van der Waals surface area contributed by atoms with Gasteiger partial charge in [-0.3, -0.25) is 0 Å². The normalized spacial score (nSPS) is 16.3. The lowest BCUT2D eigenvalue weighted by Gasteiger charge is -2.49. The van der Waals surface area contributed by atoms with E-state index >= 15 is 4.39 Å². The second kappa shape index (κ2) is 7.08. The monoisotopic (exact) mass is 456 g/mol. The van der Waals surface area contributed by atoms with E-state index in [0.29, 0.717) is 22.3 Å². The van der Waals surface area contributed by atoms with E-state index in [1.54, 1.807) is 30.0 Å². The first-order valence-electron chi connectivity index (χ1n) is 9.93. The van der Waals surface area contributed by atoms with Crippen LogP contribution in [0.15, 0.2) is 36.9 Å². The molecular formula is C21H18F2N6O2S. The maximum Gasteiger partial charge on any atom is 0.213 e. The molecular weight excluding hydrogens is 438 g/mol. The summed E-state index contributed by atoms with van der Waals surface area (Å²) in [4.78, 5) is 11.5. The molecule has 1 aromatic carbocycles. The van der Waals surface area contributed by atoms with Crippen molar-refractivity contribution in [3.8, 4) is 17.3 Å². The molecule has 0 aliphatic carbocycles. The summed E-state index contributed by atoms with van der Waals surface area (Å²) in [6, 6.07) is 5.88. The number of hydrogen-bond acceptors (Lipinski definition) is 5. The topological polar surface area (TPSA) is 108 Å². The molecule has 0 unspecified atom stereocenters. The van der Waals surface area contributed by atoms with Crippen LogP contribution in [0.5, 0.6) is 0 Å². The van der Waals surface area contributed by atoms with Crippen molar-refractivity contribution in [2.45, 2.75) is 18.9 Å². The second-order valence-electron chi connectivity index (χ2n) is 7.89. The molecule has 8 nitrogen and oxygen atoms in total. The maximum atomic E-state index is 15.1. The molecule has 32 heavy (non-hydrogen) atoms. The number of halogens is 2. The van der Waals surface area contributed by atoms with Gasteiger partial charge in [0.05, 0.1) is 35.0 Å². The number of hydrogen-bond donors (Lipinski definition) is 1. The van der Waals surface area contributed by atoms with Crippen LogP contribution in [0, 0.1) is 23.0 Å². The number of H-pyrrole nitrogens is 1. The summed E-state index contributed by atoms with van der Waals surface area (Å²) in [5.41, 5.74) is 0.654. The van der Waals surface area contributed by atoms with Crippen LogP contribution >= 0.6 is 0 Å². The largest absolute Gasteiger partial charge is 0.346 e. The molecule has 1 aliphatic heterocycles. The van der Waals surface area contributed by atoms with E-state index in [9.17, 15) is 18.1 Å². The molecule has 0 bridgehead atoms. The standard InChI is InChI=1S/C21H18F2N6O2S/c1-2-32(30,31)28-10-21(11-28,4-5-24)29-9-16(15-7-13(22)8-17(23)19(15)29)18-14-3-6-25-20(14)27-12-26-18/h3,6-9,12H,2,4,10-11H2,1H3,(H,25,26,27). The smallest absolute Gasteiger partial charge is 0.213 e. The molecule has 1 saturated heterocycles. The lowest BCUT2D eigenvalue weighted by Crippen LogP contribution is -2.64. The number of sulfonamides is 1. The fourth-order valence-electron chi connectivity index (χ4n) is 4.42. The summed E-state index contributed by atoms with van der Waals surface area (Å²) in [6.07, 6.45) is 4.65. The summed E-state index contributed by atoms with van der Waals surface area (Å²) in [7, 11) is -3.46. The lowest BCUT2D eigenvalue weighted by molar-refractivity contribution is 0.0888. The molecule has 11 heteroatoms. The Balaban J connectivity index is 1.76. The van der Waals surface area contributed by atoms with Crippen LogP contribution < -0.4 is 0 Å². The number of benzene rings is 1. The molecule has 0 radical (unpaired) electrons. The first-order valence-corrected chi connectivity index (χ1v) is 11.5. The number of rotatable bonds is 5. The van der Waals surface area contributed by atoms with Gasteiger partial charge in [0.15, 0.2) is 0 Å². The van der Waals surface area contributed by atoms with Crippen LogP contribution in [0.4, 0.5) is 8.78 Å². The van der Waals surface area contributed by atoms with Crippen LogP contribution in [-0.2, 0) is 15.6 Å². The Morgan fingerprint density at radius 2 is 2.03 bits per heavy atom. The van der Waals surface area contributed by atoms with Crippen LogP contribution in [0.3, 0.4) is 0 Å². The maximum absolute atomic E-state index is 15.1. The van der Waals surface area contributed by atoms with Gasteiger partial charge >= 0.3 is 0 Å². The molecule has 1 fully saturated rings. The molecule has 0 atom stereocenters. The number of aromatic amines is 1. The van der Waals surface area contributed by atoms with Crippen molar-refractivity contribution in [1.29, 1.82) is 5.26 Å². The second-order valence-corrected chi connectivity index (χ2v) is 10.1. The Bertz CT molecular complexity index is 1510.